The minimum atomic E-state index is -0.0978. The summed E-state index contributed by atoms with van der Waals surface area (Å²) in [5.74, 6) is 1.33. The van der Waals surface area contributed by atoms with E-state index in [-0.39, 0.29) is 11.9 Å². The summed E-state index contributed by atoms with van der Waals surface area (Å²) in [5.41, 5.74) is 0.788. The molecule has 1 fully saturated rings. The molecule has 3 unspecified atom stereocenters. The molecular formula is C17H26FN. The Hall–Kier alpha value is -0.890. The second-order valence-electron chi connectivity index (χ2n) is 6.21. The van der Waals surface area contributed by atoms with E-state index in [9.17, 15) is 4.39 Å². The van der Waals surface area contributed by atoms with Crippen molar-refractivity contribution < 1.29 is 4.39 Å². The molecule has 0 saturated heterocycles. The molecule has 0 aliphatic heterocycles. The lowest BCUT2D eigenvalue weighted by Gasteiger charge is -2.37. The van der Waals surface area contributed by atoms with Crippen LogP contribution in [0.15, 0.2) is 24.3 Å². The molecule has 1 aromatic rings. The molecule has 3 atom stereocenters. The Morgan fingerprint density at radius 1 is 1.11 bits per heavy atom. The van der Waals surface area contributed by atoms with E-state index < -0.39 is 0 Å². The zero-order chi connectivity index (χ0) is 13.8. The normalized spacial score (nSPS) is 25.5. The quantitative estimate of drug-likeness (QED) is 0.831. The fraction of sp³-hybridized carbons (Fsp3) is 0.647. The van der Waals surface area contributed by atoms with E-state index in [2.05, 4.69) is 26.1 Å². The molecule has 0 bridgehead atoms. The van der Waals surface area contributed by atoms with E-state index >= 15 is 0 Å². The van der Waals surface area contributed by atoms with Crippen LogP contribution in [0.1, 0.15) is 58.1 Å². The minimum absolute atomic E-state index is 0.0885. The predicted octanol–water partition coefficient (Wildman–Crippen LogP) is 4.69. The summed E-state index contributed by atoms with van der Waals surface area (Å²) >= 11 is 0. The van der Waals surface area contributed by atoms with Crippen LogP contribution >= 0.6 is 0 Å². The third kappa shape index (κ3) is 3.56. The number of nitrogens with one attached hydrogen (secondary N) is 1. The summed E-state index contributed by atoms with van der Waals surface area (Å²) < 4.78 is 13.8. The molecule has 1 aliphatic rings. The number of hydrogen-bond acceptors (Lipinski definition) is 1. The zero-order valence-corrected chi connectivity index (χ0v) is 12.3. The predicted molar refractivity (Wildman–Crippen MR) is 78.5 cm³/mol. The average molecular weight is 263 g/mol. The first kappa shape index (κ1) is 14.5. The number of halogens is 1. The molecule has 1 N–H and O–H groups in total. The monoisotopic (exact) mass is 263 g/mol. The molecule has 0 amide bonds. The van der Waals surface area contributed by atoms with E-state index in [1.807, 2.05) is 12.1 Å². The highest BCUT2D eigenvalue weighted by molar-refractivity contribution is 5.20. The van der Waals surface area contributed by atoms with Crippen molar-refractivity contribution in [1.29, 1.82) is 0 Å². The summed E-state index contributed by atoms with van der Waals surface area (Å²) in [6.45, 7) is 6.68. The van der Waals surface area contributed by atoms with Crippen molar-refractivity contribution in [2.24, 2.45) is 11.8 Å². The second kappa shape index (κ2) is 6.51. The molecule has 0 aromatic heterocycles. The van der Waals surface area contributed by atoms with Crippen LogP contribution in [0.2, 0.25) is 0 Å². The fourth-order valence-corrected chi connectivity index (χ4v) is 3.40. The summed E-state index contributed by atoms with van der Waals surface area (Å²) in [4.78, 5) is 0. The first-order valence-electron chi connectivity index (χ1n) is 7.60. The van der Waals surface area contributed by atoms with E-state index in [1.165, 1.54) is 25.7 Å². The van der Waals surface area contributed by atoms with Gasteiger partial charge in [-0.25, -0.2) is 4.39 Å². The molecule has 2 rings (SSSR count). The molecular weight excluding hydrogens is 237 g/mol. The van der Waals surface area contributed by atoms with Gasteiger partial charge in [0.05, 0.1) is 0 Å². The maximum Gasteiger partial charge on any atom is 0.127 e. The molecule has 0 spiro atoms. The third-order valence-electron chi connectivity index (χ3n) is 4.51. The molecule has 1 aromatic carbocycles. The Labute approximate surface area is 116 Å². The highest BCUT2D eigenvalue weighted by Gasteiger charge is 2.28. The van der Waals surface area contributed by atoms with Crippen LogP contribution in [-0.4, -0.2) is 6.04 Å². The van der Waals surface area contributed by atoms with Gasteiger partial charge in [-0.2, -0.15) is 0 Å². The summed E-state index contributed by atoms with van der Waals surface area (Å²) in [7, 11) is 0. The second-order valence-corrected chi connectivity index (χ2v) is 6.21. The topological polar surface area (TPSA) is 12.0 Å². The maximum atomic E-state index is 13.8. The molecule has 0 heterocycles. The van der Waals surface area contributed by atoms with Crippen LogP contribution in [0, 0.1) is 17.7 Å². The lowest BCUT2D eigenvalue weighted by atomic mass is 9.77. The van der Waals surface area contributed by atoms with Crippen LogP contribution < -0.4 is 5.32 Å². The van der Waals surface area contributed by atoms with Crippen LogP contribution in [0.4, 0.5) is 4.39 Å². The highest BCUT2D eigenvalue weighted by Crippen LogP contribution is 2.32. The van der Waals surface area contributed by atoms with Gasteiger partial charge in [-0.1, -0.05) is 44.9 Å². The van der Waals surface area contributed by atoms with Gasteiger partial charge in [0.2, 0.25) is 0 Å². The van der Waals surface area contributed by atoms with Gasteiger partial charge < -0.3 is 5.32 Å². The van der Waals surface area contributed by atoms with Gasteiger partial charge in [0.15, 0.2) is 0 Å². The number of rotatable bonds is 4. The molecule has 1 aliphatic carbocycles. The van der Waals surface area contributed by atoms with Crippen molar-refractivity contribution in [3.05, 3.63) is 35.6 Å². The SMILES string of the molecule is CC(NC1CCCCC1C(C)C)c1ccccc1F. The van der Waals surface area contributed by atoms with Gasteiger partial charge in [0.25, 0.3) is 0 Å². The molecule has 2 heteroatoms. The lowest BCUT2D eigenvalue weighted by molar-refractivity contribution is 0.194. The Balaban J connectivity index is 2.05. The molecule has 19 heavy (non-hydrogen) atoms. The maximum absolute atomic E-state index is 13.8. The van der Waals surface area contributed by atoms with Gasteiger partial charge in [-0.05, 0) is 37.7 Å². The Bertz CT molecular complexity index is 402. The third-order valence-corrected chi connectivity index (χ3v) is 4.51. The first-order chi connectivity index (χ1) is 9.09. The summed E-state index contributed by atoms with van der Waals surface area (Å²) in [6.07, 6.45) is 5.17. The van der Waals surface area contributed by atoms with Crippen molar-refractivity contribution in [2.75, 3.05) is 0 Å². The molecule has 1 nitrogen and oxygen atoms in total. The largest absolute Gasteiger partial charge is 0.307 e. The summed E-state index contributed by atoms with van der Waals surface area (Å²) in [5, 5.41) is 3.67. The van der Waals surface area contributed by atoms with Gasteiger partial charge in [-0.15, -0.1) is 0 Å². The number of benzene rings is 1. The van der Waals surface area contributed by atoms with Crippen molar-refractivity contribution >= 4 is 0 Å². The summed E-state index contributed by atoms with van der Waals surface area (Å²) in [6, 6.07) is 7.73. The van der Waals surface area contributed by atoms with Crippen molar-refractivity contribution in [3.8, 4) is 0 Å². The lowest BCUT2D eigenvalue weighted by Crippen LogP contribution is -2.42. The Morgan fingerprint density at radius 2 is 1.79 bits per heavy atom. The smallest absolute Gasteiger partial charge is 0.127 e. The van der Waals surface area contributed by atoms with Crippen molar-refractivity contribution in [3.63, 3.8) is 0 Å². The Kier molecular flexibility index (Phi) is 4.98. The van der Waals surface area contributed by atoms with Crippen LogP contribution in [-0.2, 0) is 0 Å². The van der Waals surface area contributed by atoms with E-state index in [0.717, 1.165) is 11.5 Å². The standard InChI is InChI=1S/C17H26FN/c1-12(2)14-8-5-7-11-17(14)19-13(3)15-9-4-6-10-16(15)18/h4,6,9-10,12-14,17,19H,5,7-8,11H2,1-3H3. The highest BCUT2D eigenvalue weighted by atomic mass is 19.1. The number of hydrogen-bond donors (Lipinski definition) is 1. The van der Waals surface area contributed by atoms with Crippen LogP contribution in [0.5, 0.6) is 0 Å². The van der Waals surface area contributed by atoms with Crippen molar-refractivity contribution in [1.82, 2.24) is 5.32 Å². The molecule has 0 radical (unpaired) electrons. The van der Waals surface area contributed by atoms with Gasteiger partial charge in [0.1, 0.15) is 5.82 Å². The zero-order valence-electron chi connectivity index (χ0n) is 12.3. The minimum Gasteiger partial charge on any atom is -0.307 e. The van der Waals surface area contributed by atoms with Crippen molar-refractivity contribution in [2.45, 2.75) is 58.5 Å². The Morgan fingerprint density at radius 3 is 2.47 bits per heavy atom. The van der Waals surface area contributed by atoms with Crippen LogP contribution in [0.25, 0.3) is 0 Å². The van der Waals surface area contributed by atoms with Crippen LogP contribution in [0.3, 0.4) is 0 Å². The molecule has 106 valence electrons. The van der Waals surface area contributed by atoms with E-state index in [0.29, 0.717) is 12.0 Å². The van der Waals surface area contributed by atoms with E-state index in [1.54, 1.807) is 12.1 Å². The van der Waals surface area contributed by atoms with Gasteiger partial charge in [0, 0.05) is 17.6 Å². The van der Waals surface area contributed by atoms with E-state index in [4.69, 9.17) is 0 Å². The van der Waals surface area contributed by atoms with Gasteiger partial charge >= 0.3 is 0 Å². The van der Waals surface area contributed by atoms with Gasteiger partial charge in [-0.3, -0.25) is 0 Å². The average Bonchev–Trinajstić information content (AvgIpc) is 2.39. The molecule has 1 saturated carbocycles. The fourth-order valence-electron chi connectivity index (χ4n) is 3.40. The first-order valence-corrected chi connectivity index (χ1v) is 7.60.